The first-order chi connectivity index (χ1) is 6.81. The predicted molar refractivity (Wildman–Crippen MR) is 54.3 cm³/mol. The molecule has 3 heteroatoms. The molecule has 1 aliphatic rings. The molecule has 1 aliphatic heterocycles. The Morgan fingerprint density at radius 3 is 3.00 bits per heavy atom. The van der Waals surface area contributed by atoms with Gasteiger partial charge in [-0.3, -0.25) is 0 Å². The normalized spacial score (nSPS) is 15.2. The molecule has 1 aromatic carbocycles. The van der Waals surface area contributed by atoms with Gasteiger partial charge in [-0.05, 0) is 24.1 Å². The second kappa shape index (κ2) is 3.72. The first kappa shape index (κ1) is 9.09. The van der Waals surface area contributed by atoms with Crippen LogP contribution in [0, 0.1) is 0 Å². The van der Waals surface area contributed by atoms with Crippen LogP contribution in [0.25, 0.3) is 0 Å². The van der Waals surface area contributed by atoms with E-state index in [1.165, 1.54) is 0 Å². The van der Waals surface area contributed by atoms with Crippen LogP contribution >= 0.6 is 0 Å². The molecule has 0 fully saturated rings. The van der Waals surface area contributed by atoms with Crippen molar-refractivity contribution in [3.63, 3.8) is 0 Å². The summed E-state index contributed by atoms with van der Waals surface area (Å²) in [5, 5.41) is 0. The van der Waals surface area contributed by atoms with Crippen molar-refractivity contribution in [2.24, 2.45) is 5.73 Å². The van der Waals surface area contributed by atoms with Crippen LogP contribution in [0.2, 0.25) is 0 Å². The molecule has 0 saturated heterocycles. The van der Waals surface area contributed by atoms with Crippen LogP contribution in [0.1, 0.15) is 18.0 Å². The standard InChI is InChI=1S/C11H13NO2/c1-2-3-9(12)8-4-5-10-11(6-8)14-7-13-10/h2,4-6,9H,1,3,7,12H2/t9-/m1/s1. The van der Waals surface area contributed by atoms with Gasteiger partial charge < -0.3 is 15.2 Å². The van der Waals surface area contributed by atoms with E-state index in [0.717, 1.165) is 23.5 Å². The molecule has 1 aromatic rings. The van der Waals surface area contributed by atoms with E-state index in [4.69, 9.17) is 15.2 Å². The van der Waals surface area contributed by atoms with E-state index in [0.29, 0.717) is 6.79 Å². The molecule has 0 unspecified atom stereocenters. The molecule has 14 heavy (non-hydrogen) atoms. The summed E-state index contributed by atoms with van der Waals surface area (Å²) < 4.78 is 10.5. The average molecular weight is 191 g/mol. The Bertz CT molecular complexity index is 349. The molecule has 0 aromatic heterocycles. The molecule has 74 valence electrons. The van der Waals surface area contributed by atoms with Crippen LogP contribution in [0.15, 0.2) is 30.9 Å². The highest BCUT2D eigenvalue weighted by atomic mass is 16.7. The number of rotatable bonds is 3. The predicted octanol–water partition coefficient (Wildman–Crippen LogP) is 1.99. The van der Waals surface area contributed by atoms with E-state index in [1.54, 1.807) is 0 Å². The summed E-state index contributed by atoms with van der Waals surface area (Å²) in [6, 6.07) is 5.76. The van der Waals surface area contributed by atoms with Gasteiger partial charge in [-0.15, -0.1) is 6.58 Å². The maximum Gasteiger partial charge on any atom is 0.231 e. The van der Waals surface area contributed by atoms with Gasteiger partial charge in [0.1, 0.15) is 0 Å². The zero-order chi connectivity index (χ0) is 9.97. The highest BCUT2D eigenvalue weighted by Gasteiger charge is 2.15. The SMILES string of the molecule is C=CC[C@@H](N)c1ccc2c(c1)OCO2. The van der Waals surface area contributed by atoms with E-state index in [9.17, 15) is 0 Å². The van der Waals surface area contributed by atoms with Gasteiger partial charge in [0.2, 0.25) is 6.79 Å². The van der Waals surface area contributed by atoms with Crippen LogP contribution in [0.5, 0.6) is 11.5 Å². The van der Waals surface area contributed by atoms with E-state index in [2.05, 4.69) is 6.58 Å². The molecule has 0 amide bonds. The second-order valence-electron chi connectivity index (χ2n) is 3.24. The molecule has 0 radical (unpaired) electrons. The Labute approximate surface area is 83.1 Å². The van der Waals surface area contributed by atoms with Crippen molar-refractivity contribution in [1.82, 2.24) is 0 Å². The summed E-state index contributed by atoms with van der Waals surface area (Å²) in [6.45, 7) is 3.96. The Kier molecular flexibility index (Phi) is 2.41. The molecule has 0 bridgehead atoms. The third kappa shape index (κ3) is 1.59. The zero-order valence-electron chi connectivity index (χ0n) is 7.90. The topological polar surface area (TPSA) is 44.5 Å². The van der Waals surface area contributed by atoms with E-state index in [-0.39, 0.29) is 6.04 Å². The third-order valence-electron chi connectivity index (χ3n) is 2.25. The fraction of sp³-hybridized carbons (Fsp3) is 0.273. The molecule has 0 spiro atoms. The number of benzene rings is 1. The number of hydrogen-bond donors (Lipinski definition) is 1. The van der Waals surface area contributed by atoms with Crippen molar-refractivity contribution in [3.8, 4) is 11.5 Å². The highest BCUT2D eigenvalue weighted by molar-refractivity contribution is 5.45. The van der Waals surface area contributed by atoms with Crippen molar-refractivity contribution < 1.29 is 9.47 Å². The number of fused-ring (bicyclic) bond motifs is 1. The van der Waals surface area contributed by atoms with Gasteiger partial charge in [-0.2, -0.15) is 0 Å². The number of ether oxygens (including phenoxy) is 2. The minimum atomic E-state index is -0.0120. The van der Waals surface area contributed by atoms with Crippen LogP contribution in [-0.4, -0.2) is 6.79 Å². The summed E-state index contributed by atoms with van der Waals surface area (Å²) in [5.41, 5.74) is 6.98. The Morgan fingerprint density at radius 1 is 1.43 bits per heavy atom. The van der Waals surface area contributed by atoms with Gasteiger partial charge in [0.15, 0.2) is 11.5 Å². The molecular formula is C11H13NO2. The van der Waals surface area contributed by atoms with Gasteiger partial charge in [-0.25, -0.2) is 0 Å². The molecule has 1 atom stereocenters. The van der Waals surface area contributed by atoms with Gasteiger partial charge in [0.05, 0.1) is 0 Å². The fourth-order valence-corrected chi connectivity index (χ4v) is 1.46. The van der Waals surface area contributed by atoms with Crippen LogP contribution in [-0.2, 0) is 0 Å². The van der Waals surface area contributed by atoms with E-state index < -0.39 is 0 Å². The van der Waals surface area contributed by atoms with Crippen molar-refractivity contribution in [3.05, 3.63) is 36.4 Å². The van der Waals surface area contributed by atoms with Gasteiger partial charge in [0, 0.05) is 6.04 Å². The largest absolute Gasteiger partial charge is 0.454 e. The van der Waals surface area contributed by atoms with Crippen LogP contribution in [0.4, 0.5) is 0 Å². The summed E-state index contributed by atoms with van der Waals surface area (Å²) in [5.74, 6) is 1.57. The van der Waals surface area contributed by atoms with Gasteiger partial charge in [-0.1, -0.05) is 12.1 Å². The first-order valence-electron chi connectivity index (χ1n) is 4.57. The highest BCUT2D eigenvalue weighted by Crippen LogP contribution is 2.34. The van der Waals surface area contributed by atoms with Crippen molar-refractivity contribution >= 4 is 0 Å². The zero-order valence-corrected chi connectivity index (χ0v) is 7.90. The fourth-order valence-electron chi connectivity index (χ4n) is 1.46. The van der Waals surface area contributed by atoms with E-state index in [1.807, 2.05) is 24.3 Å². The van der Waals surface area contributed by atoms with Crippen molar-refractivity contribution in [2.75, 3.05) is 6.79 Å². The van der Waals surface area contributed by atoms with Gasteiger partial charge in [0.25, 0.3) is 0 Å². The molecule has 0 saturated carbocycles. The van der Waals surface area contributed by atoms with Crippen LogP contribution in [0.3, 0.4) is 0 Å². The Balaban J connectivity index is 2.23. The monoisotopic (exact) mass is 191 g/mol. The lowest BCUT2D eigenvalue weighted by molar-refractivity contribution is 0.174. The lowest BCUT2D eigenvalue weighted by Crippen LogP contribution is -2.08. The third-order valence-corrected chi connectivity index (χ3v) is 2.25. The smallest absolute Gasteiger partial charge is 0.231 e. The van der Waals surface area contributed by atoms with Crippen molar-refractivity contribution in [2.45, 2.75) is 12.5 Å². The van der Waals surface area contributed by atoms with E-state index >= 15 is 0 Å². The first-order valence-corrected chi connectivity index (χ1v) is 4.57. The van der Waals surface area contributed by atoms with Crippen molar-refractivity contribution in [1.29, 1.82) is 0 Å². The maximum absolute atomic E-state index is 5.93. The molecule has 2 N–H and O–H groups in total. The molecule has 1 heterocycles. The summed E-state index contributed by atoms with van der Waals surface area (Å²) in [6.07, 6.45) is 2.58. The molecular weight excluding hydrogens is 178 g/mol. The number of hydrogen-bond acceptors (Lipinski definition) is 3. The van der Waals surface area contributed by atoms with Crippen LogP contribution < -0.4 is 15.2 Å². The summed E-state index contributed by atoms with van der Waals surface area (Å²) in [7, 11) is 0. The average Bonchev–Trinajstić information content (AvgIpc) is 2.64. The lowest BCUT2D eigenvalue weighted by Gasteiger charge is -2.09. The summed E-state index contributed by atoms with van der Waals surface area (Å²) >= 11 is 0. The summed E-state index contributed by atoms with van der Waals surface area (Å²) in [4.78, 5) is 0. The molecule has 3 nitrogen and oxygen atoms in total. The number of nitrogens with two attached hydrogens (primary N) is 1. The second-order valence-corrected chi connectivity index (χ2v) is 3.24. The minimum Gasteiger partial charge on any atom is -0.454 e. The quantitative estimate of drug-likeness (QED) is 0.743. The Morgan fingerprint density at radius 2 is 2.21 bits per heavy atom. The van der Waals surface area contributed by atoms with Gasteiger partial charge >= 0.3 is 0 Å². The minimum absolute atomic E-state index is 0.0120. The maximum atomic E-state index is 5.93. The molecule has 2 rings (SSSR count). The molecule has 0 aliphatic carbocycles. The Hall–Kier alpha value is -1.48. The lowest BCUT2D eigenvalue weighted by atomic mass is 10.0.